The number of rotatable bonds is 9. The van der Waals surface area contributed by atoms with Crippen molar-refractivity contribution in [2.24, 2.45) is 0 Å². The summed E-state index contributed by atoms with van der Waals surface area (Å²) in [7, 11) is 0. The molecule has 0 saturated carbocycles. The SMILES string of the molecule is CC[C@H](C)NC(=O)[C@H](C)N(Cc1ccccc1)C(=O)COc1ccc(C(C)(C)C)cc1. The molecule has 2 atom stereocenters. The second-order valence-electron chi connectivity index (χ2n) is 9.06. The molecule has 0 aliphatic heterocycles. The third kappa shape index (κ3) is 7.42. The highest BCUT2D eigenvalue weighted by Gasteiger charge is 2.27. The fraction of sp³-hybridized carbons (Fsp3) is 0.462. The highest BCUT2D eigenvalue weighted by atomic mass is 16.5. The fourth-order valence-electron chi connectivity index (χ4n) is 3.11. The van der Waals surface area contributed by atoms with Gasteiger partial charge < -0.3 is 15.0 Å². The molecular formula is C26H36N2O3. The molecule has 0 aliphatic rings. The number of ether oxygens (including phenoxy) is 1. The highest BCUT2D eigenvalue weighted by Crippen LogP contribution is 2.24. The molecule has 0 unspecified atom stereocenters. The molecule has 1 N–H and O–H groups in total. The molecule has 168 valence electrons. The van der Waals surface area contributed by atoms with Crippen LogP contribution in [0.4, 0.5) is 0 Å². The van der Waals surface area contributed by atoms with E-state index in [0.717, 1.165) is 12.0 Å². The van der Waals surface area contributed by atoms with Crippen LogP contribution in [0.15, 0.2) is 54.6 Å². The molecule has 0 fully saturated rings. The summed E-state index contributed by atoms with van der Waals surface area (Å²) in [6, 6.07) is 16.9. The van der Waals surface area contributed by atoms with E-state index >= 15 is 0 Å². The molecule has 5 heteroatoms. The van der Waals surface area contributed by atoms with Crippen molar-refractivity contribution in [3.63, 3.8) is 0 Å². The van der Waals surface area contributed by atoms with Crippen LogP contribution >= 0.6 is 0 Å². The Labute approximate surface area is 186 Å². The van der Waals surface area contributed by atoms with Crippen LogP contribution in [-0.4, -0.2) is 35.4 Å². The van der Waals surface area contributed by atoms with E-state index in [1.807, 2.05) is 68.4 Å². The Morgan fingerprint density at radius 1 is 1.00 bits per heavy atom. The lowest BCUT2D eigenvalue weighted by molar-refractivity contribution is -0.142. The Morgan fingerprint density at radius 3 is 2.16 bits per heavy atom. The fourth-order valence-corrected chi connectivity index (χ4v) is 3.11. The number of amides is 2. The topological polar surface area (TPSA) is 58.6 Å². The van der Waals surface area contributed by atoms with E-state index in [1.54, 1.807) is 11.8 Å². The molecule has 31 heavy (non-hydrogen) atoms. The first-order chi connectivity index (χ1) is 14.6. The van der Waals surface area contributed by atoms with Gasteiger partial charge in [-0.1, -0.05) is 70.2 Å². The minimum Gasteiger partial charge on any atom is -0.484 e. The quantitative estimate of drug-likeness (QED) is 0.635. The summed E-state index contributed by atoms with van der Waals surface area (Å²) in [6.07, 6.45) is 0.832. The Kier molecular flexibility index (Phi) is 8.66. The van der Waals surface area contributed by atoms with Gasteiger partial charge in [-0.2, -0.15) is 0 Å². The molecule has 2 aromatic rings. The molecule has 0 bridgehead atoms. The molecule has 0 radical (unpaired) electrons. The number of nitrogens with zero attached hydrogens (tertiary/aromatic N) is 1. The molecule has 0 spiro atoms. The van der Waals surface area contributed by atoms with Gasteiger partial charge in [-0.3, -0.25) is 9.59 Å². The molecule has 0 heterocycles. The first-order valence-corrected chi connectivity index (χ1v) is 11.0. The summed E-state index contributed by atoms with van der Waals surface area (Å²) < 4.78 is 5.76. The molecule has 2 aromatic carbocycles. The Hall–Kier alpha value is -2.82. The highest BCUT2D eigenvalue weighted by molar-refractivity contribution is 5.88. The van der Waals surface area contributed by atoms with Crippen LogP contribution in [0.3, 0.4) is 0 Å². The smallest absolute Gasteiger partial charge is 0.261 e. The van der Waals surface area contributed by atoms with Crippen molar-refractivity contribution >= 4 is 11.8 Å². The largest absolute Gasteiger partial charge is 0.484 e. The first kappa shape index (κ1) is 24.4. The van der Waals surface area contributed by atoms with Gasteiger partial charge >= 0.3 is 0 Å². The Morgan fingerprint density at radius 2 is 1.61 bits per heavy atom. The van der Waals surface area contributed by atoms with Crippen LogP contribution in [0.25, 0.3) is 0 Å². The van der Waals surface area contributed by atoms with Crippen LogP contribution < -0.4 is 10.1 Å². The van der Waals surface area contributed by atoms with Crippen molar-refractivity contribution in [1.82, 2.24) is 10.2 Å². The maximum Gasteiger partial charge on any atom is 0.261 e. The average Bonchev–Trinajstić information content (AvgIpc) is 2.75. The maximum absolute atomic E-state index is 13.1. The summed E-state index contributed by atoms with van der Waals surface area (Å²) in [5.74, 6) is 0.251. The summed E-state index contributed by atoms with van der Waals surface area (Å²) in [5.41, 5.74) is 2.22. The van der Waals surface area contributed by atoms with Crippen molar-refractivity contribution in [3.05, 3.63) is 65.7 Å². The number of hydrogen-bond acceptors (Lipinski definition) is 3. The van der Waals surface area contributed by atoms with E-state index in [-0.39, 0.29) is 29.9 Å². The van der Waals surface area contributed by atoms with Gasteiger partial charge in [0.2, 0.25) is 5.91 Å². The van der Waals surface area contributed by atoms with Crippen molar-refractivity contribution in [1.29, 1.82) is 0 Å². The zero-order valence-electron chi connectivity index (χ0n) is 19.6. The Bertz CT molecular complexity index is 841. The number of carbonyl (C=O) groups is 2. The predicted molar refractivity (Wildman–Crippen MR) is 125 cm³/mol. The van der Waals surface area contributed by atoms with E-state index in [4.69, 9.17) is 4.74 Å². The number of hydrogen-bond donors (Lipinski definition) is 1. The van der Waals surface area contributed by atoms with Crippen LogP contribution in [0.5, 0.6) is 5.75 Å². The molecule has 0 aromatic heterocycles. The van der Waals surface area contributed by atoms with Gasteiger partial charge in [-0.05, 0) is 48.9 Å². The van der Waals surface area contributed by atoms with Gasteiger partial charge in [0.1, 0.15) is 11.8 Å². The minimum atomic E-state index is -0.603. The van der Waals surface area contributed by atoms with E-state index in [9.17, 15) is 9.59 Å². The predicted octanol–water partition coefficient (Wildman–Crippen LogP) is 4.69. The molecule has 0 aliphatic carbocycles. The van der Waals surface area contributed by atoms with Crippen LogP contribution in [0, 0.1) is 0 Å². The number of benzene rings is 2. The van der Waals surface area contributed by atoms with Crippen LogP contribution in [0.2, 0.25) is 0 Å². The standard InChI is InChI=1S/C26H36N2O3/c1-7-19(2)27-25(30)20(3)28(17-21-11-9-8-10-12-21)24(29)18-31-23-15-13-22(14-16-23)26(4,5)6/h8-16,19-20H,7,17-18H2,1-6H3,(H,27,30)/t19-,20-/m0/s1. The molecule has 5 nitrogen and oxygen atoms in total. The third-order valence-electron chi connectivity index (χ3n) is 5.45. The lowest BCUT2D eigenvalue weighted by Gasteiger charge is -2.29. The average molecular weight is 425 g/mol. The second-order valence-corrected chi connectivity index (χ2v) is 9.06. The van der Waals surface area contributed by atoms with Gasteiger partial charge in [0.05, 0.1) is 0 Å². The van der Waals surface area contributed by atoms with Gasteiger partial charge in [0.15, 0.2) is 6.61 Å². The molecule has 0 saturated heterocycles. The molecular weight excluding hydrogens is 388 g/mol. The second kappa shape index (κ2) is 11.0. The lowest BCUT2D eigenvalue weighted by atomic mass is 9.87. The third-order valence-corrected chi connectivity index (χ3v) is 5.45. The van der Waals surface area contributed by atoms with Gasteiger partial charge in [-0.25, -0.2) is 0 Å². The van der Waals surface area contributed by atoms with Gasteiger partial charge in [0.25, 0.3) is 5.91 Å². The van der Waals surface area contributed by atoms with Crippen molar-refractivity contribution in [2.75, 3.05) is 6.61 Å². The normalized spacial score (nSPS) is 13.2. The number of nitrogens with one attached hydrogen (secondary N) is 1. The monoisotopic (exact) mass is 424 g/mol. The number of carbonyl (C=O) groups excluding carboxylic acids is 2. The summed E-state index contributed by atoms with van der Waals surface area (Å²) in [4.78, 5) is 27.4. The van der Waals surface area contributed by atoms with E-state index in [1.165, 1.54) is 5.56 Å². The lowest BCUT2D eigenvalue weighted by Crippen LogP contribution is -2.50. The molecule has 2 amide bonds. The van der Waals surface area contributed by atoms with Gasteiger partial charge in [-0.15, -0.1) is 0 Å². The van der Waals surface area contributed by atoms with Crippen molar-refractivity contribution in [3.8, 4) is 5.75 Å². The van der Waals surface area contributed by atoms with Crippen LogP contribution in [0.1, 0.15) is 59.1 Å². The van der Waals surface area contributed by atoms with Crippen molar-refractivity contribution in [2.45, 2.75) is 72.0 Å². The van der Waals surface area contributed by atoms with Gasteiger partial charge in [0, 0.05) is 12.6 Å². The zero-order valence-corrected chi connectivity index (χ0v) is 19.6. The summed E-state index contributed by atoms with van der Waals surface area (Å²) in [5, 5.41) is 2.97. The molecule has 2 rings (SSSR count). The van der Waals surface area contributed by atoms with E-state index in [0.29, 0.717) is 12.3 Å². The summed E-state index contributed by atoms with van der Waals surface area (Å²) >= 11 is 0. The minimum absolute atomic E-state index is 0.0548. The maximum atomic E-state index is 13.1. The Balaban J connectivity index is 2.10. The van der Waals surface area contributed by atoms with E-state index < -0.39 is 6.04 Å². The van der Waals surface area contributed by atoms with E-state index in [2.05, 4.69) is 26.1 Å². The van der Waals surface area contributed by atoms with Crippen LogP contribution in [-0.2, 0) is 21.5 Å². The zero-order chi connectivity index (χ0) is 23.0. The van der Waals surface area contributed by atoms with Crippen molar-refractivity contribution < 1.29 is 14.3 Å². The first-order valence-electron chi connectivity index (χ1n) is 11.0. The summed E-state index contributed by atoms with van der Waals surface area (Å²) in [6.45, 7) is 12.4.